The number of aromatic nitrogens is 2. The molecule has 1 aliphatic rings. The average Bonchev–Trinajstić information content (AvgIpc) is 2.80. The van der Waals surface area contributed by atoms with E-state index in [4.69, 9.17) is 5.11 Å². The van der Waals surface area contributed by atoms with Gasteiger partial charge in [0, 0.05) is 12.6 Å². The number of amides is 2. The lowest BCUT2D eigenvalue weighted by Gasteiger charge is -2.26. The summed E-state index contributed by atoms with van der Waals surface area (Å²) in [7, 11) is 0. The molecule has 1 heterocycles. The minimum absolute atomic E-state index is 0.0385. The van der Waals surface area contributed by atoms with Crippen molar-refractivity contribution in [3.8, 4) is 0 Å². The molecule has 0 atom stereocenters. The van der Waals surface area contributed by atoms with Crippen molar-refractivity contribution in [3.63, 3.8) is 0 Å². The second kappa shape index (κ2) is 7.48. The fraction of sp³-hybridized carbons (Fsp3) is 0.688. The molecule has 1 saturated carbocycles. The maximum atomic E-state index is 12.1. The number of nitrogens with zero attached hydrogens (tertiary/aromatic N) is 2. The van der Waals surface area contributed by atoms with Gasteiger partial charge >= 0.3 is 12.0 Å². The Morgan fingerprint density at radius 2 is 2.00 bits per heavy atom. The topological polar surface area (TPSA) is 96.2 Å². The predicted octanol–water partition coefficient (Wildman–Crippen LogP) is 2.61. The molecule has 0 bridgehead atoms. The zero-order chi connectivity index (χ0) is 17.0. The molecule has 0 aliphatic heterocycles. The third kappa shape index (κ3) is 4.71. The second-order valence-electron chi connectivity index (χ2n) is 6.70. The summed E-state index contributed by atoms with van der Waals surface area (Å²) in [6.45, 7) is 6.99. The highest BCUT2D eigenvalue weighted by Crippen LogP contribution is 2.24. The van der Waals surface area contributed by atoms with Crippen molar-refractivity contribution >= 4 is 17.7 Å². The van der Waals surface area contributed by atoms with Gasteiger partial charge in [0.2, 0.25) is 0 Å². The third-order valence-corrected chi connectivity index (χ3v) is 4.30. The summed E-state index contributed by atoms with van der Waals surface area (Å²) in [5, 5.41) is 19.0. The van der Waals surface area contributed by atoms with Crippen molar-refractivity contribution in [3.05, 3.63) is 11.9 Å². The van der Waals surface area contributed by atoms with E-state index in [1.807, 2.05) is 11.6 Å². The molecule has 0 saturated heterocycles. The molecule has 1 aromatic heterocycles. The summed E-state index contributed by atoms with van der Waals surface area (Å²) in [5.74, 6) is -0.520. The van der Waals surface area contributed by atoms with Gasteiger partial charge in [-0.3, -0.25) is 9.48 Å². The van der Waals surface area contributed by atoms with Gasteiger partial charge < -0.3 is 15.7 Å². The molecule has 2 amide bonds. The van der Waals surface area contributed by atoms with Crippen molar-refractivity contribution < 1.29 is 14.7 Å². The Hall–Kier alpha value is -2.05. The van der Waals surface area contributed by atoms with Gasteiger partial charge in [-0.1, -0.05) is 13.8 Å². The molecule has 0 aromatic carbocycles. The van der Waals surface area contributed by atoms with Crippen LogP contribution in [0.5, 0.6) is 0 Å². The molecule has 1 fully saturated rings. The molecular formula is C16H26N4O3. The highest BCUT2D eigenvalue weighted by molar-refractivity contribution is 5.89. The van der Waals surface area contributed by atoms with Gasteiger partial charge in [-0.05, 0) is 38.5 Å². The number of nitrogens with one attached hydrogen (secondary N) is 2. The minimum Gasteiger partial charge on any atom is -0.481 e. The third-order valence-electron chi connectivity index (χ3n) is 4.30. The molecule has 7 nitrogen and oxygen atoms in total. The quantitative estimate of drug-likeness (QED) is 0.776. The first kappa shape index (κ1) is 17.3. The van der Waals surface area contributed by atoms with E-state index >= 15 is 0 Å². The summed E-state index contributed by atoms with van der Waals surface area (Å²) < 4.78 is 1.89. The monoisotopic (exact) mass is 322 g/mol. The highest BCUT2D eigenvalue weighted by Gasteiger charge is 2.26. The van der Waals surface area contributed by atoms with Gasteiger partial charge in [-0.15, -0.1) is 0 Å². The summed E-state index contributed by atoms with van der Waals surface area (Å²) in [6.07, 6.45) is 4.31. The van der Waals surface area contributed by atoms with E-state index in [1.165, 1.54) is 0 Å². The summed E-state index contributed by atoms with van der Waals surface area (Å²) in [6, 6.07) is -0.215. The first-order valence-corrected chi connectivity index (χ1v) is 8.19. The standard InChI is InChI=1S/C16H26N4O3/c1-10(2)9-20-11(3)14(8-17-20)19-16(23)18-13-6-4-12(5-7-13)15(21)22/h8,10,12-13H,4-7,9H2,1-3H3,(H,21,22)(H2,18,19,23). The minimum atomic E-state index is -0.735. The number of carboxylic acids is 1. The lowest BCUT2D eigenvalue weighted by atomic mass is 9.86. The van der Waals surface area contributed by atoms with Crippen LogP contribution < -0.4 is 10.6 Å². The number of carbonyl (C=O) groups excluding carboxylic acids is 1. The maximum Gasteiger partial charge on any atom is 0.319 e. The Morgan fingerprint density at radius 3 is 2.57 bits per heavy atom. The fourth-order valence-corrected chi connectivity index (χ4v) is 2.93. The largest absolute Gasteiger partial charge is 0.481 e. The van der Waals surface area contributed by atoms with Crippen LogP contribution in [0.15, 0.2) is 6.20 Å². The van der Waals surface area contributed by atoms with E-state index in [-0.39, 0.29) is 18.0 Å². The lowest BCUT2D eigenvalue weighted by Crippen LogP contribution is -2.41. The molecule has 1 aliphatic carbocycles. The van der Waals surface area contributed by atoms with E-state index in [1.54, 1.807) is 6.20 Å². The van der Waals surface area contributed by atoms with Crippen LogP contribution in [-0.2, 0) is 11.3 Å². The van der Waals surface area contributed by atoms with E-state index in [0.717, 1.165) is 12.2 Å². The van der Waals surface area contributed by atoms with E-state index in [0.29, 0.717) is 37.3 Å². The van der Waals surface area contributed by atoms with Crippen LogP contribution in [0.4, 0.5) is 10.5 Å². The number of carboxylic acid groups (broad SMARTS) is 1. The number of carbonyl (C=O) groups is 2. The molecule has 0 spiro atoms. The van der Waals surface area contributed by atoms with Gasteiger partial charge in [0.15, 0.2) is 0 Å². The number of aliphatic carboxylic acids is 1. The van der Waals surface area contributed by atoms with Crippen molar-refractivity contribution in [2.75, 3.05) is 5.32 Å². The summed E-state index contributed by atoms with van der Waals surface area (Å²) in [5.41, 5.74) is 1.64. The lowest BCUT2D eigenvalue weighted by molar-refractivity contribution is -0.142. The smallest absolute Gasteiger partial charge is 0.319 e. The molecule has 7 heteroatoms. The van der Waals surface area contributed by atoms with Gasteiger partial charge in [0.05, 0.1) is 23.5 Å². The predicted molar refractivity (Wildman–Crippen MR) is 87.3 cm³/mol. The van der Waals surface area contributed by atoms with Gasteiger partial charge in [0.25, 0.3) is 0 Å². The maximum absolute atomic E-state index is 12.1. The number of rotatable bonds is 5. The normalized spacial score (nSPS) is 21.2. The molecule has 3 N–H and O–H groups in total. The van der Waals surface area contributed by atoms with E-state index < -0.39 is 5.97 Å². The van der Waals surface area contributed by atoms with Gasteiger partial charge in [0.1, 0.15) is 0 Å². The number of urea groups is 1. The number of hydrogen-bond acceptors (Lipinski definition) is 3. The van der Waals surface area contributed by atoms with Gasteiger partial charge in [-0.2, -0.15) is 5.10 Å². The van der Waals surface area contributed by atoms with Crippen LogP contribution in [-0.4, -0.2) is 32.9 Å². The number of hydrogen-bond donors (Lipinski definition) is 3. The first-order chi connectivity index (χ1) is 10.9. The zero-order valence-electron chi connectivity index (χ0n) is 14.0. The van der Waals surface area contributed by atoms with Gasteiger partial charge in [-0.25, -0.2) is 4.79 Å². The molecular weight excluding hydrogens is 296 g/mol. The van der Waals surface area contributed by atoms with Crippen LogP contribution in [0.2, 0.25) is 0 Å². The van der Waals surface area contributed by atoms with Crippen LogP contribution in [0.1, 0.15) is 45.2 Å². The fourth-order valence-electron chi connectivity index (χ4n) is 2.93. The van der Waals surface area contributed by atoms with Crippen LogP contribution in [0.3, 0.4) is 0 Å². The Labute approximate surface area is 136 Å². The molecule has 23 heavy (non-hydrogen) atoms. The van der Waals surface area contributed by atoms with Crippen LogP contribution >= 0.6 is 0 Å². The van der Waals surface area contributed by atoms with Crippen molar-refractivity contribution in [1.82, 2.24) is 15.1 Å². The average molecular weight is 322 g/mol. The van der Waals surface area contributed by atoms with Crippen LogP contribution in [0.25, 0.3) is 0 Å². The zero-order valence-corrected chi connectivity index (χ0v) is 14.0. The Kier molecular flexibility index (Phi) is 5.63. The SMILES string of the molecule is Cc1c(NC(=O)NC2CCC(C(=O)O)CC2)cnn1CC(C)C. The first-order valence-electron chi connectivity index (χ1n) is 8.19. The van der Waals surface area contributed by atoms with Crippen molar-refractivity contribution in [2.24, 2.45) is 11.8 Å². The second-order valence-corrected chi connectivity index (χ2v) is 6.70. The Balaban J connectivity index is 1.84. The van der Waals surface area contributed by atoms with Crippen LogP contribution in [0, 0.1) is 18.8 Å². The van der Waals surface area contributed by atoms with E-state index in [9.17, 15) is 9.59 Å². The summed E-state index contributed by atoms with van der Waals surface area (Å²) in [4.78, 5) is 23.0. The summed E-state index contributed by atoms with van der Waals surface area (Å²) >= 11 is 0. The Bertz CT molecular complexity index is 560. The van der Waals surface area contributed by atoms with Crippen molar-refractivity contribution in [1.29, 1.82) is 0 Å². The molecule has 2 rings (SSSR count). The Morgan fingerprint density at radius 1 is 1.35 bits per heavy atom. The molecule has 1 aromatic rings. The highest BCUT2D eigenvalue weighted by atomic mass is 16.4. The number of anilines is 1. The molecule has 128 valence electrons. The van der Waals surface area contributed by atoms with Crippen molar-refractivity contribution in [2.45, 2.75) is 59.0 Å². The van der Waals surface area contributed by atoms with E-state index in [2.05, 4.69) is 29.6 Å². The molecule has 0 unspecified atom stereocenters. The molecule has 0 radical (unpaired) electrons.